The minimum Gasteiger partial charge on any atom is -0.375 e. The third-order valence-corrected chi connectivity index (χ3v) is 3.07. The molecule has 1 saturated carbocycles. The summed E-state index contributed by atoms with van der Waals surface area (Å²) in [5.41, 5.74) is 2.41. The lowest BCUT2D eigenvalue weighted by atomic mass is 9.89. The largest absolute Gasteiger partial charge is 0.375 e. The number of H-pyrrole nitrogens is 1. The number of aromatic nitrogens is 2. The molecule has 0 unspecified atom stereocenters. The Morgan fingerprint density at radius 2 is 2.31 bits per heavy atom. The Labute approximate surface area is 96.8 Å². The first kappa shape index (κ1) is 11.6. The normalized spacial score (nSPS) is 24.8. The summed E-state index contributed by atoms with van der Waals surface area (Å²) in [5, 5.41) is 10.5. The fraction of sp³-hybridized carbons (Fsp3) is 0.750. The van der Waals surface area contributed by atoms with Crippen LogP contribution in [0.5, 0.6) is 0 Å². The molecule has 0 radical (unpaired) electrons. The molecule has 1 aliphatic rings. The van der Waals surface area contributed by atoms with E-state index in [4.69, 9.17) is 4.74 Å². The average molecular weight is 223 g/mol. The monoisotopic (exact) mass is 223 g/mol. The van der Waals surface area contributed by atoms with Gasteiger partial charge in [-0.05, 0) is 33.6 Å². The van der Waals surface area contributed by atoms with Gasteiger partial charge in [0.25, 0.3) is 0 Å². The number of ether oxygens (including phenoxy) is 1. The lowest BCUT2D eigenvalue weighted by Crippen LogP contribution is -2.45. The third-order valence-electron chi connectivity index (χ3n) is 3.07. The van der Waals surface area contributed by atoms with Crippen molar-refractivity contribution in [3.05, 3.63) is 17.5 Å². The maximum atomic E-state index is 5.72. The fourth-order valence-electron chi connectivity index (χ4n) is 2.04. The smallest absolute Gasteiger partial charge is 0.0608 e. The lowest BCUT2D eigenvalue weighted by Gasteiger charge is -2.36. The molecule has 0 aromatic carbocycles. The molecule has 0 amide bonds. The molecule has 4 heteroatoms. The van der Waals surface area contributed by atoms with E-state index in [-0.39, 0.29) is 0 Å². The minimum atomic E-state index is 0.349. The van der Waals surface area contributed by atoms with Gasteiger partial charge >= 0.3 is 0 Å². The second kappa shape index (κ2) is 4.97. The second-order valence-electron chi connectivity index (χ2n) is 4.88. The highest BCUT2D eigenvalue weighted by atomic mass is 16.5. The van der Waals surface area contributed by atoms with Crippen molar-refractivity contribution in [2.75, 3.05) is 0 Å². The van der Waals surface area contributed by atoms with Crippen LogP contribution in [0.3, 0.4) is 0 Å². The van der Waals surface area contributed by atoms with E-state index in [1.807, 2.05) is 6.20 Å². The summed E-state index contributed by atoms with van der Waals surface area (Å²) in [4.78, 5) is 0. The summed E-state index contributed by atoms with van der Waals surface area (Å²) < 4.78 is 5.72. The molecule has 0 aliphatic heterocycles. The maximum Gasteiger partial charge on any atom is 0.0608 e. The van der Waals surface area contributed by atoms with Gasteiger partial charge in [0, 0.05) is 23.8 Å². The number of nitrogens with zero attached hydrogens (tertiary/aromatic N) is 1. The van der Waals surface area contributed by atoms with E-state index in [2.05, 4.69) is 36.3 Å². The molecule has 0 saturated heterocycles. The Balaban J connectivity index is 1.65. The summed E-state index contributed by atoms with van der Waals surface area (Å²) in [6, 6.07) is 0.609. The van der Waals surface area contributed by atoms with Gasteiger partial charge in [0.2, 0.25) is 0 Å². The van der Waals surface area contributed by atoms with E-state index >= 15 is 0 Å². The molecule has 1 aliphatic carbocycles. The lowest BCUT2D eigenvalue weighted by molar-refractivity contribution is -0.0500. The average Bonchev–Trinajstić information content (AvgIpc) is 2.55. The predicted molar refractivity (Wildman–Crippen MR) is 63.2 cm³/mol. The molecule has 1 aromatic heterocycles. The van der Waals surface area contributed by atoms with Crippen LogP contribution in [0, 0.1) is 6.92 Å². The van der Waals surface area contributed by atoms with Crippen LogP contribution >= 0.6 is 0 Å². The van der Waals surface area contributed by atoms with Crippen LogP contribution < -0.4 is 5.32 Å². The van der Waals surface area contributed by atoms with Gasteiger partial charge in [-0.1, -0.05) is 0 Å². The molecule has 4 nitrogen and oxygen atoms in total. The molecule has 0 spiro atoms. The van der Waals surface area contributed by atoms with Crippen molar-refractivity contribution in [1.29, 1.82) is 0 Å². The first-order valence-corrected chi connectivity index (χ1v) is 6.03. The number of hydrogen-bond donors (Lipinski definition) is 2. The molecule has 1 fully saturated rings. The van der Waals surface area contributed by atoms with Gasteiger partial charge in [-0.15, -0.1) is 0 Å². The highest BCUT2D eigenvalue weighted by Crippen LogP contribution is 2.24. The Morgan fingerprint density at radius 3 is 2.88 bits per heavy atom. The zero-order valence-electron chi connectivity index (χ0n) is 10.3. The second-order valence-corrected chi connectivity index (χ2v) is 4.88. The highest BCUT2D eigenvalue weighted by molar-refractivity contribution is 5.14. The molecule has 1 aromatic rings. The van der Waals surface area contributed by atoms with E-state index in [9.17, 15) is 0 Å². The number of nitrogens with one attached hydrogen (secondary N) is 2. The summed E-state index contributed by atoms with van der Waals surface area (Å²) in [7, 11) is 0. The Bertz CT molecular complexity index is 329. The van der Waals surface area contributed by atoms with Crippen LogP contribution in [0.4, 0.5) is 0 Å². The van der Waals surface area contributed by atoms with E-state index < -0.39 is 0 Å². The Morgan fingerprint density at radius 1 is 1.56 bits per heavy atom. The van der Waals surface area contributed by atoms with Crippen LogP contribution in [0.1, 0.15) is 37.9 Å². The summed E-state index contributed by atoms with van der Waals surface area (Å²) >= 11 is 0. The molecule has 90 valence electrons. The standard InChI is InChI=1S/C12H21N3O/c1-8(2)16-12-4-11(5-12)13-6-10-7-14-15-9(10)3/h7-8,11-13H,4-6H2,1-3H3,(H,14,15). The number of aryl methyl sites for hydroxylation is 1. The van der Waals surface area contributed by atoms with Gasteiger partial charge in [0.05, 0.1) is 18.4 Å². The van der Waals surface area contributed by atoms with Gasteiger partial charge in [-0.3, -0.25) is 5.10 Å². The molecule has 0 bridgehead atoms. The molecule has 1 heterocycles. The van der Waals surface area contributed by atoms with Crippen molar-refractivity contribution in [3.63, 3.8) is 0 Å². The molecule has 16 heavy (non-hydrogen) atoms. The molecule has 2 N–H and O–H groups in total. The van der Waals surface area contributed by atoms with Crippen LogP contribution in [0.15, 0.2) is 6.20 Å². The van der Waals surface area contributed by atoms with Crippen molar-refractivity contribution >= 4 is 0 Å². The van der Waals surface area contributed by atoms with E-state index in [0.29, 0.717) is 18.2 Å². The fourth-order valence-corrected chi connectivity index (χ4v) is 2.04. The van der Waals surface area contributed by atoms with Crippen molar-refractivity contribution in [1.82, 2.24) is 15.5 Å². The quantitative estimate of drug-likeness (QED) is 0.799. The molecule has 0 atom stereocenters. The predicted octanol–water partition coefficient (Wildman–Crippen LogP) is 1.76. The molecular weight excluding hydrogens is 202 g/mol. The van der Waals surface area contributed by atoms with Crippen molar-refractivity contribution in [2.24, 2.45) is 0 Å². The number of rotatable bonds is 5. The van der Waals surface area contributed by atoms with Gasteiger partial charge in [-0.2, -0.15) is 5.10 Å². The number of hydrogen-bond acceptors (Lipinski definition) is 3. The molecular formula is C12H21N3O. The molecule has 2 rings (SSSR count). The van der Waals surface area contributed by atoms with E-state index in [1.165, 1.54) is 5.56 Å². The zero-order chi connectivity index (χ0) is 11.5. The van der Waals surface area contributed by atoms with Gasteiger partial charge in [0.15, 0.2) is 0 Å². The van der Waals surface area contributed by atoms with Crippen molar-refractivity contribution in [2.45, 2.75) is 58.4 Å². The van der Waals surface area contributed by atoms with Gasteiger partial charge in [-0.25, -0.2) is 0 Å². The first-order valence-electron chi connectivity index (χ1n) is 6.03. The Hall–Kier alpha value is -0.870. The highest BCUT2D eigenvalue weighted by Gasteiger charge is 2.29. The van der Waals surface area contributed by atoms with Crippen LogP contribution in [-0.2, 0) is 11.3 Å². The summed E-state index contributed by atoms with van der Waals surface area (Å²) in [6.45, 7) is 7.14. The Kier molecular flexibility index (Phi) is 3.61. The topological polar surface area (TPSA) is 49.9 Å². The first-order chi connectivity index (χ1) is 7.65. The summed E-state index contributed by atoms with van der Waals surface area (Å²) in [6.07, 6.45) is 4.97. The SMILES string of the molecule is Cc1[nH]ncc1CNC1CC(OC(C)C)C1. The minimum absolute atomic E-state index is 0.349. The zero-order valence-corrected chi connectivity index (χ0v) is 10.3. The van der Waals surface area contributed by atoms with Gasteiger partial charge in [0.1, 0.15) is 0 Å². The van der Waals surface area contributed by atoms with Crippen LogP contribution in [-0.4, -0.2) is 28.4 Å². The van der Waals surface area contributed by atoms with Gasteiger partial charge < -0.3 is 10.1 Å². The van der Waals surface area contributed by atoms with Crippen LogP contribution in [0.2, 0.25) is 0 Å². The van der Waals surface area contributed by atoms with E-state index in [0.717, 1.165) is 25.1 Å². The van der Waals surface area contributed by atoms with E-state index in [1.54, 1.807) is 0 Å². The van der Waals surface area contributed by atoms with Crippen LogP contribution in [0.25, 0.3) is 0 Å². The van der Waals surface area contributed by atoms with Crippen molar-refractivity contribution in [3.8, 4) is 0 Å². The third kappa shape index (κ3) is 2.83. The summed E-state index contributed by atoms with van der Waals surface area (Å²) in [5.74, 6) is 0. The van der Waals surface area contributed by atoms with Crippen molar-refractivity contribution < 1.29 is 4.74 Å². The maximum absolute atomic E-state index is 5.72. The number of aromatic amines is 1.